The van der Waals surface area contributed by atoms with Crippen LogP contribution in [0.4, 0.5) is 0 Å². The largest absolute Gasteiger partial charge is 0.310 e. The van der Waals surface area contributed by atoms with Gasteiger partial charge in [0.25, 0.3) is 0 Å². The predicted octanol–water partition coefficient (Wildman–Crippen LogP) is 2.16. The van der Waals surface area contributed by atoms with Crippen LogP contribution in [0.1, 0.15) is 32.1 Å². The van der Waals surface area contributed by atoms with Crippen molar-refractivity contribution in [3.05, 3.63) is 35.5 Å². The molecule has 1 amide bonds. The Morgan fingerprint density at radius 2 is 2.28 bits per heavy atom. The maximum atomic E-state index is 12.8. The minimum absolute atomic E-state index is 0.0401. The first-order valence-corrected chi connectivity index (χ1v) is 9.15. The van der Waals surface area contributed by atoms with Gasteiger partial charge in [-0.1, -0.05) is 29.9 Å². The number of carbonyl (C=O) groups excluding carboxylic acids is 2. The van der Waals surface area contributed by atoms with Gasteiger partial charge in [-0.05, 0) is 31.6 Å². The standard InChI is InChI=1S/C20H21N3O2/c24-11-15-4-1-3-12-7-13-9-20(10-14(13)8-17(12)22-15)16-5-2-6-21-18(16)23-19(20)25/h1,3,5,8,11-13,17H,2,4,6-7,9-10H2,(H,21,23,25). The van der Waals surface area contributed by atoms with Crippen LogP contribution >= 0.6 is 0 Å². The Bertz CT molecular complexity index is 817. The highest BCUT2D eigenvalue weighted by Gasteiger charge is 2.56. The fourth-order valence-electron chi connectivity index (χ4n) is 5.19. The van der Waals surface area contributed by atoms with E-state index < -0.39 is 5.41 Å². The second kappa shape index (κ2) is 5.35. The van der Waals surface area contributed by atoms with Gasteiger partial charge in [0.2, 0.25) is 5.91 Å². The number of allylic oxidation sites excluding steroid dienone is 2. The van der Waals surface area contributed by atoms with E-state index in [1.807, 2.05) is 0 Å². The number of hydrogen-bond acceptors (Lipinski definition) is 4. The highest BCUT2D eigenvalue weighted by molar-refractivity contribution is 6.28. The first-order valence-electron chi connectivity index (χ1n) is 9.15. The van der Waals surface area contributed by atoms with E-state index >= 15 is 0 Å². The summed E-state index contributed by atoms with van der Waals surface area (Å²) >= 11 is 0. The minimum Gasteiger partial charge on any atom is -0.310 e. The molecule has 0 radical (unpaired) electrons. The maximum Gasteiger partial charge on any atom is 0.236 e. The average molecular weight is 335 g/mol. The fraction of sp³-hybridized carbons (Fsp3) is 0.500. The molecule has 0 bridgehead atoms. The van der Waals surface area contributed by atoms with Gasteiger partial charge in [-0.25, -0.2) is 0 Å². The number of fused-ring (bicyclic) bond motifs is 4. The van der Waals surface area contributed by atoms with E-state index in [0.717, 1.165) is 49.9 Å². The lowest BCUT2D eigenvalue weighted by molar-refractivity contribution is -0.125. The van der Waals surface area contributed by atoms with Crippen molar-refractivity contribution in [2.24, 2.45) is 27.2 Å². The van der Waals surface area contributed by atoms with Crippen LogP contribution in [0.2, 0.25) is 0 Å². The van der Waals surface area contributed by atoms with Crippen LogP contribution in [-0.4, -0.2) is 36.3 Å². The number of rotatable bonds is 1. The molecule has 1 spiro atoms. The van der Waals surface area contributed by atoms with Gasteiger partial charge < -0.3 is 5.32 Å². The lowest BCUT2D eigenvalue weighted by atomic mass is 9.77. The Hall–Kier alpha value is -2.30. The zero-order valence-corrected chi connectivity index (χ0v) is 14.1. The van der Waals surface area contributed by atoms with Gasteiger partial charge in [-0.15, -0.1) is 0 Å². The van der Waals surface area contributed by atoms with Gasteiger partial charge >= 0.3 is 0 Å². The van der Waals surface area contributed by atoms with Crippen molar-refractivity contribution in [3.63, 3.8) is 0 Å². The molecule has 25 heavy (non-hydrogen) atoms. The molecule has 5 rings (SSSR count). The van der Waals surface area contributed by atoms with E-state index in [1.165, 1.54) is 5.57 Å². The smallest absolute Gasteiger partial charge is 0.236 e. The summed E-state index contributed by atoms with van der Waals surface area (Å²) in [5.74, 6) is 1.67. The Balaban J connectivity index is 1.52. The zero-order chi connectivity index (χ0) is 17.0. The third kappa shape index (κ3) is 2.14. The van der Waals surface area contributed by atoms with Crippen molar-refractivity contribution in [1.29, 1.82) is 0 Å². The quantitative estimate of drug-likeness (QED) is 0.589. The molecular weight excluding hydrogens is 314 g/mol. The maximum absolute atomic E-state index is 12.8. The summed E-state index contributed by atoms with van der Waals surface area (Å²) in [7, 11) is 0. The van der Waals surface area contributed by atoms with Crippen molar-refractivity contribution in [2.45, 2.75) is 38.1 Å². The van der Waals surface area contributed by atoms with Gasteiger partial charge in [0.1, 0.15) is 5.84 Å². The van der Waals surface area contributed by atoms with Gasteiger partial charge in [0.15, 0.2) is 6.29 Å². The summed E-state index contributed by atoms with van der Waals surface area (Å²) in [5, 5.41) is 3.01. The number of amides is 1. The summed E-state index contributed by atoms with van der Waals surface area (Å²) in [6.07, 6.45) is 13.8. The van der Waals surface area contributed by atoms with Gasteiger partial charge in [-0.3, -0.25) is 19.6 Å². The highest BCUT2D eigenvalue weighted by atomic mass is 16.2. The first-order chi connectivity index (χ1) is 12.2. The first kappa shape index (κ1) is 15.0. The molecule has 5 aliphatic rings. The van der Waals surface area contributed by atoms with Crippen molar-refractivity contribution in [3.8, 4) is 0 Å². The molecule has 1 saturated carbocycles. The number of hydrogen-bond donors (Lipinski definition) is 1. The van der Waals surface area contributed by atoms with E-state index in [4.69, 9.17) is 0 Å². The van der Waals surface area contributed by atoms with Crippen molar-refractivity contribution in [1.82, 2.24) is 5.32 Å². The number of carbonyl (C=O) groups is 2. The van der Waals surface area contributed by atoms with Crippen LogP contribution in [0.3, 0.4) is 0 Å². The molecule has 4 atom stereocenters. The number of aldehydes is 1. The van der Waals surface area contributed by atoms with Crippen molar-refractivity contribution in [2.75, 3.05) is 6.54 Å². The van der Waals surface area contributed by atoms with Crippen molar-refractivity contribution >= 4 is 23.7 Å². The molecule has 0 aromatic rings. The second-order valence-electron chi connectivity index (χ2n) is 7.75. The summed E-state index contributed by atoms with van der Waals surface area (Å²) in [4.78, 5) is 33.2. The second-order valence-corrected chi connectivity index (χ2v) is 7.75. The Kier molecular flexibility index (Phi) is 3.21. The van der Waals surface area contributed by atoms with E-state index in [0.29, 0.717) is 24.0 Å². The molecule has 128 valence electrons. The predicted molar refractivity (Wildman–Crippen MR) is 95.5 cm³/mol. The molecule has 2 aliphatic carbocycles. The SMILES string of the molecule is O=CC1=NC2C=C3CC4(CC3CC2C=CC1)C(=O)NC1=NCCC=C14. The number of amidine groups is 1. The van der Waals surface area contributed by atoms with Crippen LogP contribution in [0, 0.1) is 17.3 Å². The van der Waals surface area contributed by atoms with Gasteiger partial charge in [0, 0.05) is 24.5 Å². The molecule has 3 aliphatic heterocycles. The van der Waals surface area contributed by atoms with Gasteiger partial charge in [0.05, 0.1) is 17.2 Å². The lowest BCUT2D eigenvalue weighted by Gasteiger charge is -2.28. The number of nitrogens with one attached hydrogen (secondary N) is 1. The Morgan fingerprint density at radius 3 is 3.16 bits per heavy atom. The molecule has 5 heteroatoms. The third-order valence-electron chi connectivity index (χ3n) is 6.35. The lowest BCUT2D eigenvalue weighted by Crippen LogP contribution is -2.30. The van der Waals surface area contributed by atoms with E-state index in [1.54, 1.807) is 0 Å². The van der Waals surface area contributed by atoms with Crippen LogP contribution in [0.5, 0.6) is 0 Å². The molecule has 1 saturated heterocycles. The van der Waals surface area contributed by atoms with Crippen LogP contribution in [-0.2, 0) is 9.59 Å². The Morgan fingerprint density at radius 1 is 1.36 bits per heavy atom. The van der Waals surface area contributed by atoms with Crippen LogP contribution < -0.4 is 5.32 Å². The number of nitrogens with zero attached hydrogens (tertiary/aromatic N) is 2. The van der Waals surface area contributed by atoms with Crippen molar-refractivity contribution < 1.29 is 9.59 Å². The fourth-order valence-corrected chi connectivity index (χ4v) is 5.19. The topological polar surface area (TPSA) is 70.9 Å². The molecule has 1 N–H and O–H groups in total. The van der Waals surface area contributed by atoms with E-state index in [2.05, 4.69) is 39.6 Å². The van der Waals surface area contributed by atoms with E-state index in [9.17, 15) is 9.59 Å². The summed E-state index contributed by atoms with van der Waals surface area (Å²) in [6.45, 7) is 0.763. The number of dihydropyridines is 1. The molecule has 2 fully saturated rings. The zero-order valence-electron chi connectivity index (χ0n) is 14.1. The molecule has 5 nitrogen and oxygen atoms in total. The van der Waals surface area contributed by atoms with E-state index in [-0.39, 0.29) is 11.9 Å². The molecule has 3 heterocycles. The minimum atomic E-state index is -0.430. The third-order valence-corrected chi connectivity index (χ3v) is 6.35. The van der Waals surface area contributed by atoms with Crippen LogP contribution in [0.25, 0.3) is 0 Å². The molecular formula is C20H21N3O2. The summed E-state index contributed by atoms with van der Waals surface area (Å²) < 4.78 is 0. The number of aliphatic imine (C=N–C) groups is 2. The monoisotopic (exact) mass is 335 g/mol. The summed E-state index contributed by atoms with van der Waals surface area (Å²) in [5.41, 5.74) is 2.65. The normalized spacial score (nSPS) is 38.6. The molecule has 0 aromatic heterocycles. The Labute approximate surface area is 146 Å². The summed E-state index contributed by atoms with van der Waals surface area (Å²) in [6, 6.07) is 0.0401. The average Bonchev–Trinajstić information content (AvgIpc) is 3.03. The molecule has 0 aromatic carbocycles. The van der Waals surface area contributed by atoms with Gasteiger partial charge in [-0.2, -0.15) is 0 Å². The highest BCUT2D eigenvalue weighted by Crippen LogP contribution is 2.56. The van der Waals surface area contributed by atoms with Crippen LogP contribution in [0.15, 0.2) is 45.4 Å². The molecule has 4 unspecified atom stereocenters.